The van der Waals surface area contributed by atoms with Crippen LogP contribution in [0, 0.1) is 0 Å². The summed E-state index contributed by atoms with van der Waals surface area (Å²) >= 11 is 6.25. The van der Waals surface area contributed by atoms with Gasteiger partial charge in [-0.3, -0.25) is 0 Å². The molecule has 1 unspecified atom stereocenters. The molecule has 0 bridgehead atoms. The highest BCUT2D eigenvalue weighted by molar-refractivity contribution is 6.23. The van der Waals surface area contributed by atoms with E-state index in [1.807, 2.05) is 31.2 Å². The highest BCUT2D eigenvalue weighted by Crippen LogP contribution is 2.34. The highest BCUT2D eigenvalue weighted by atomic mass is 35.5. The molecule has 1 aromatic carbocycles. The molecule has 198 valence electrons. The minimum Gasteiger partial charge on any atom is -0.496 e. The fourth-order valence-corrected chi connectivity index (χ4v) is 5.60. The monoisotopic (exact) mass is 519 g/mol. The third kappa shape index (κ3) is 7.00. The zero-order valence-electron chi connectivity index (χ0n) is 22.8. The SMILES string of the molecule is C=C1c2cc(/C(C)=C/C=CC(Cl)/C=C\C)cn2CCCN1c1ccc(CCCN2CCCC2)c(OC)c1. The smallest absolute Gasteiger partial charge is 0.124 e. The van der Waals surface area contributed by atoms with Crippen LogP contribution in [0.5, 0.6) is 5.75 Å². The summed E-state index contributed by atoms with van der Waals surface area (Å²) in [7, 11) is 1.78. The maximum atomic E-state index is 6.25. The van der Waals surface area contributed by atoms with E-state index in [1.54, 1.807) is 7.11 Å². The van der Waals surface area contributed by atoms with Crippen molar-refractivity contribution in [2.24, 2.45) is 0 Å². The lowest BCUT2D eigenvalue weighted by Crippen LogP contribution is -2.21. The number of rotatable bonds is 10. The summed E-state index contributed by atoms with van der Waals surface area (Å²) in [5.41, 5.74) is 7.06. The summed E-state index contributed by atoms with van der Waals surface area (Å²) in [5.74, 6) is 0.980. The molecule has 0 saturated carbocycles. The summed E-state index contributed by atoms with van der Waals surface area (Å²) in [4.78, 5) is 4.92. The third-order valence-electron chi connectivity index (χ3n) is 7.47. The lowest BCUT2D eigenvalue weighted by molar-refractivity contribution is 0.332. The molecule has 5 heteroatoms. The molecule has 1 fully saturated rings. The average Bonchev–Trinajstić information content (AvgIpc) is 3.54. The molecule has 3 heterocycles. The number of aromatic nitrogens is 1. The Balaban J connectivity index is 1.47. The van der Waals surface area contributed by atoms with E-state index >= 15 is 0 Å². The van der Waals surface area contributed by atoms with E-state index in [0.29, 0.717) is 0 Å². The molecule has 37 heavy (non-hydrogen) atoms. The lowest BCUT2D eigenvalue weighted by Gasteiger charge is -2.26. The van der Waals surface area contributed by atoms with Gasteiger partial charge >= 0.3 is 0 Å². The first-order valence-corrected chi connectivity index (χ1v) is 14.1. The molecule has 0 spiro atoms. The molecule has 1 saturated heterocycles. The fraction of sp³-hybridized carbons (Fsp3) is 0.438. The first-order chi connectivity index (χ1) is 18.0. The molecule has 2 aromatic rings. The molecule has 4 nitrogen and oxygen atoms in total. The first kappa shape index (κ1) is 27.3. The van der Waals surface area contributed by atoms with Crippen LogP contribution in [0.15, 0.2) is 67.4 Å². The number of hydrogen-bond acceptors (Lipinski definition) is 3. The predicted octanol–water partition coefficient (Wildman–Crippen LogP) is 7.55. The van der Waals surface area contributed by atoms with Crippen molar-refractivity contribution in [1.82, 2.24) is 9.47 Å². The minimum atomic E-state index is -0.0819. The van der Waals surface area contributed by atoms with Crippen LogP contribution in [0.3, 0.4) is 0 Å². The number of alkyl halides is 1. The zero-order valence-corrected chi connectivity index (χ0v) is 23.5. The Bertz CT molecular complexity index is 1150. The molecule has 1 aromatic heterocycles. The van der Waals surface area contributed by atoms with E-state index in [9.17, 15) is 0 Å². The van der Waals surface area contributed by atoms with Gasteiger partial charge in [-0.15, -0.1) is 11.6 Å². The van der Waals surface area contributed by atoms with E-state index in [0.717, 1.165) is 43.1 Å². The summed E-state index contributed by atoms with van der Waals surface area (Å²) in [5, 5.41) is -0.0819. The van der Waals surface area contributed by atoms with E-state index < -0.39 is 0 Å². The number of halogens is 1. The Labute approximate surface area is 228 Å². The van der Waals surface area contributed by atoms with Crippen molar-refractivity contribution in [3.8, 4) is 5.75 Å². The zero-order chi connectivity index (χ0) is 26.2. The number of ether oxygens (including phenoxy) is 1. The second-order valence-corrected chi connectivity index (χ2v) is 10.6. The molecule has 4 rings (SSSR count). The molecule has 0 N–H and O–H groups in total. The van der Waals surface area contributed by atoms with Crippen LogP contribution >= 0.6 is 11.6 Å². The lowest BCUT2D eigenvalue weighted by atomic mass is 10.1. The molecule has 0 amide bonds. The topological polar surface area (TPSA) is 20.6 Å². The Morgan fingerprint density at radius 1 is 1.11 bits per heavy atom. The Kier molecular flexibility index (Phi) is 9.76. The number of fused-ring (bicyclic) bond motifs is 1. The van der Waals surface area contributed by atoms with E-state index in [-0.39, 0.29) is 5.38 Å². The number of hydrogen-bond donors (Lipinski definition) is 0. The standard InChI is InChI=1S/C32H42ClN3O/c1-5-11-29(33)14-8-12-25(2)28-22-31-26(3)36(21-10-20-35(31)24-28)30-16-15-27(32(23-30)37-4)13-9-19-34-17-6-7-18-34/h5,8,11-12,14-16,22-24,29H,3,6-7,9-10,13,17-21H2,1-2,4H3/b11-5-,14-8?,25-12+. The number of nitrogens with zero attached hydrogens (tertiary/aromatic N) is 3. The van der Waals surface area contributed by atoms with Crippen LogP contribution in [0.4, 0.5) is 5.69 Å². The van der Waals surface area contributed by atoms with Crippen molar-refractivity contribution in [3.63, 3.8) is 0 Å². The highest BCUT2D eigenvalue weighted by Gasteiger charge is 2.21. The number of anilines is 1. The van der Waals surface area contributed by atoms with Crippen molar-refractivity contribution in [1.29, 1.82) is 0 Å². The third-order valence-corrected chi connectivity index (χ3v) is 7.76. The van der Waals surface area contributed by atoms with Gasteiger partial charge in [0.25, 0.3) is 0 Å². The Hall–Kier alpha value is -2.69. The molecule has 0 aliphatic carbocycles. The van der Waals surface area contributed by atoms with Gasteiger partial charge in [0.15, 0.2) is 0 Å². The predicted molar refractivity (Wildman–Crippen MR) is 160 cm³/mol. The maximum Gasteiger partial charge on any atom is 0.124 e. The largest absolute Gasteiger partial charge is 0.496 e. The normalized spacial score (nSPS) is 18.1. The molecular formula is C32H42ClN3O. The van der Waals surface area contributed by atoms with Gasteiger partial charge in [-0.1, -0.05) is 43.0 Å². The van der Waals surface area contributed by atoms with E-state index in [2.05, 4.69) is 64.4 Å². The van der Waals surface area contributed by atoms with Gasteiger partial charge in [-0.05, 0) is 94.4 Å². The van der Waals surface area contributed by atoms with Crippen LogP contribution in [-0.2, 0) is 13.0 Å². The van der Waals surface area contributed by atoms with Crippen LogP contribution in [0.1, 0.15) is 56.4 Å². The van der Waals surface area contributed by atoms with Crippen molar-refractivity contribution in [3.05, 3.63) is 84.2 Å². The summed E-state index contributed by atoms with van der Waals surface area (Å²) in [6.07, 6.45) is 18.3. The van der Waals surface area contributed by atoms with Crippen LogP contribution < -0.4 is 9.64 Å². The van der Waals surface area contributed by atoms with Crippen molar-refractivity contribution in [2.75, 3.05) is 38.2 Å². The van der Waals surface area contributed by atoms with Crippen molar-refractivity contribution in [2.45, 2.75) is 57.9 Å². The van der Waals surface area contributed by atoms with Gasteiger partial charge in [0, 0.05) is 31.0 Å². The van der Waals surface area contributed by atoms with E-state index in [1.165, 1.54) is 61.3 Å². The molecule has 2 aliphatic rings. The minimum absolute atomic E-state index is 0.0819. The maximum absolute atomic E-state index is 6.25. The molecule has 1 atom stereocenters. The quantitative estimate of drug-likeness (QED) is 0.184. The van der Waals surface area contributed by atoms with Gasteiger partial charge in [0.05, 0.1) is 23.9 Å². The van der Waals surface area contributed by atoms with Crippen molar-refractivity contribution < 1.29 is 4.74 Å². The number of methoxy groups -OCH3 is 1. The summed E-state index contributed by atoms with van der Waals surface area (Å²) in [6, 6.07) is 8.94. The van der Waals surface area contributed by atoms with Gasteiger partial charge in [-0.2, -0.15) is 0 Å². The number of likely N-dealkylation sites (tertiary alicyclic amines) is 1. The molecule has 0 radical (unpaired) electrons. The van der Waals surface area contributed by atoms with Gasteiger partial charge in [-0.25, -0.2) is 0 Å². The average molecular weight is 520 g/mol. The van der Waals surface area contributed by atoms with Gasteiger partial charge in [0.1, 0.15) is 5.75 Å². The summed E-state index contributed by atoms with van der Waals surface area (Å²) in [6.45, 7) is 14.3. The second-order valence-electron chi connectivity index (χ2n) is 10.1. The number of allylic oxidation sites excluding steroid dienone is 6. The number of benzene rings is 1. The van der Waals surface area contributed by atoms with Crippen LogP contribution in [0.25, 0.3) is 11.3 Å². The van der Waals surface area contributed by atoms with Crippen LogP contribution in [-0.4, -0.2) is 48.1 Å². The molecular weight excluding hydrogens is 478 g/mol. The Morgan fingerprint density at radius 3 is 2.68 bits per heavy atom. The first-order valence-electron chi connectivity index (χ1n) is 13.7. The number of aryl methyl sites for hydroxylation is 2. The van der Waals surface area contributed by atoms with Crippen molar-refractivity contribution >= 4 is 28.6 Å². The van der Waals surface area contributed by atoms with Gasteiger partial charge in [0.2, 0.25) is 0 Å². The van der Waals surface area contributed by atoms with Crippen LogP contribution in [0.2, 0.25) is 0 Å². The van der Waals surface area contributed by atoms with Gasteiger partial charge < -0.3 is 19.1 Å². The Morgan fingerprint density at radius 2 is 1.92 bits per heavy atom. The summed E-state index contributed by atoms with van der Waals surface area (Å²) < 4.78 is 8.18. The van der Waals surface area contributed by atoms with E-state index in [4.69, 9.17) is 16.3 Å². The second kappa shape index (κ2) is 13.2. The molecule has 2 aliphatic heterocycles. The fourth-order valence-electron chi connectivity index (χ4n) is 5.37.